The Morgan fingerprint density at radius 3 is 2.15 bits per heavy atom. The van der Waals surface area contributed by atoms with Crippen LogP contribution in [0.25, 0.3) is 0 Å². The van der Waals surface area contributed by atoms with Crippen molar-refractivity contribution in [1.29, 1.82) is 0 Å². The van der Waals surface area contributed by atoms with Crippen molar-refractivity contribution in [3.8, 4) is 5.75 Å². The molecule has 0 bridgehead atoms. The highest BCUT2D eigenvalue weighted by Crippen LogP contribution is 2.11. The van der Waals surface area contributed by atoms with Crippen LogP contribution in [-0.4, -0.2) is 44.0 Å². The van der Waals surface area contributed by atoms with E-state index < -0.39 is 0 Å². The van der Waals surface area contributed by atoms with Gasteiger partial charge in [0.1, 0.15) is 5.75 Å². The van der Waals surface area contributed by atoms with Gasteiger partial charge in [0, 0.05) is 18.7 Å². The van der Waals surface area contributed by atoms with Crippen LogP contribution in [0.1, 0.15) is 28.4 Å². The third kappa shape index (κ3) is 7.11. The third-order valence-electron chi connectivity index (χ3n) is 3.85. The van der Waals surface area contributed by atoms with Crippen molar-refractivity contribution < 1.29 is 14.3 Å². The Kier molecular flexibility index (Phi) is 7.82. The van der Waals surface area contributed by atoms with Gasteiger partial charge in [-0.15, -0.1) is 0 Å². The summed E-state index contributed by atoms with van der Waals surface area (Å²) < 4.78 is 5.34. The van der Waals surface area contributed by atoms with Gasteiger partial charge in [-0.25, -0.2) is 0 Å². The fraction of sp³-hybridized carbons (Fsp3) is 0.333. The van der Waals surface area contributed by atoms with Gasteiger partial charge in [0.05, 0.1) is 13.2 Å². The fourth-order valence-corrected chi connectivity index (χ4v) is 2.52. The molecule has 0 radical (unpaired) electrons. The molecule has 0 aromatic heterocycles. The molecule has 0 atom stereocenters. The van der Waals surface area contributed by atoms with E-state index in [-0.39, 0.29) is 18.4 Å². The molecule has 0 saturated carbocycles. The zero-order valence-electron chi connectivity index (χ0n) is 16.1. The average Bonchev–Trinajstić information content (AvgIpc) is 2.66. The van der Waals surface area contributed by atoms with Crippen LogP contribution in [0.4, 0.5) is 0 Å². The van der Waals surface area contributed by atoms with E-state index in [0.29, 0.717) is 24.5 Å². The van der Waals surface area contributed by atoms with Gasteiger partial charge in [-0.1, -0.05) is 24.3 Å². The molecule has 0 heterocycles. The minimum atomic E-state index is -0.291. The lowest BCUT2D eigenvalue weighted by Gasteiger charge is -2.11. The van der Waals surface area contributed by atoms with E-state index in [1.165, 1.54) is 5.56 Å². The minimum absolute atomic E-state index is 0.0647. The summed E-state index contributed by atoms with van der Waals surface area (Å²) in [5.74, 6) is 0.191. The zero-order chi connectivity index (χ0) is 19.6. The van der Waals surface area contributed by atoms with Gasteiger partial charge in [0.25, 0.3) is 5.91 Å². The van der Waals surface area contributed by atoms with E-state index >= 15 is 0 Å². The van der Waals surface area contributed by atoms with Crippen molar-refractivity contribution in [1.82, 2.24) is 15.5 Å². The van der Waals surface area contributed by atoms with Crippen LogP contribution in [-0.2, 0) is 17.9 Å². The molecule has 27 heavy (non-hydrogen) atoms. The lowest BCUT2D eigenvalue weighted by atomic mass is 10.1. The first-order valence-corrected chi connectivity index (χ1v) is 8.98. The predicted octanol–water partition coefficient (Wildman–Crippen LogP) is 2.19. The van der Waals surface area contributed by atoms with Crippen LogP contribution in [0.2, 0.25) is 0 Å². The number of benzene rings is 2. The molecule has 2 amide bonds. The van der Waals surface area contributed by atoms with Crippen molar-refractivity contribution in [2.24, 2.45) is 0 Å². The number of amides is 2. The summed E-state index contributed by atoms with van der Waals surface area (Å²) in [4.78, 5) is 26.1. The number of carbonyl (C=O) groups excluding carboxylic acids is 2. The van der Waals surface area contributed by atoms with E-state index in [1.807, 2.05) is 33.2 Å². The summed E-state index contributed by atoms with van der Waals surface area (Å²) >= 11 is 0. The second-order valence-corrected chi connectivity index (χ2v) is 6.47. The summed E-state index contributed by atoms with van der Waals surface area (Å²) in [5, 5.41) is 5.43. The number of carbonyl (C=O) groups is 2. The molecule has 2 N–H and O–H groups in total. The maximum Gasteiger partial charge on any atom is 0.251 e. The fourth-order valence-electron chi connectivity index (χ4n) is 2.52. The molecule has 6 nitrogen and oxygen atoms in total. The second kappa shape index (κ2) is 10.3. The van der Waals surface area contributed by atoms with Gasteiger partial charge in [-0.2, -0.15) is 0 Å². The maximum absolute atomic E-state index is 12.1. The summed E-state index contributed by atoms with van der Waals surface area (Å²) in [5.41, 5.74) is 2.73. The maximum atomic E-state index is 12.1. The highest BCUT2D eigenvalue weighted by molar-refractivity contribution is 5.96. The first-order valence-electron chi connectivity index (χ1n) is 8.98. The number of nitrogens with zero attached hydrogens (tertiary/aromatic N) is 1. The van der Waals surface area contributed by atoms with Gasteiger partial charge < -0.3 is 20.3 Å². The number of nitrogens with one attached hydrogen (secondary N) is 2. The van der Waals surface area contributed by atoms with E-state index in [9.17, 15) is 9.59 Å². The highest BCUT2D eigenvalue weighted by Gasteiger charge is 2.08. The zero-order valence-corrected chi connectivity index (χ0v) is 16.1. The minimum Gasteiger partial charge on any atom is -0.494 e. The van der Waals surface area contributed by atoms with Crippen molar-refractivity contribution in [3.05, 3.63) is 65.2 Å². The SMILES string of the molecule is CCOc1ccc(C(=O)NCC(=O)NCc2ccc(CN(C)C)cc2)cc1. The van der Waals surface area contributed by atoms with Gasteiger partial charge in [0.15, 0.2) is 0 Å². The molecule has 0 saturated heterocycles. The monoisotopic (exact) mass is 369 g/mol. The molecule has 0 aliphatic rings. The molecule has 0 fully saturated rings. The van der Waals surface area contributed by atoms with Crippen molar-refractivity contribution in [3.63, 3.8) is 0 Å². The lowest BCUT2D eigenvalue weighted by Crippen LogP contribution is -2.36. The van der Waals surface area contributed by atoms with Gasteiger partial charge in [-0.05, 0) is 56.4 Å². The number of ether oxygens (including phenoxy) is 1. The molecular formula is C21H27N3O3. The highest BCUT2D eigenvalue weighted by atomic mass is 16.5. The van der Waals surface area contributed by atoms with Crippen molar-refractivity contribution in [2.45, 2.75) is 20.0 Å². The van der Waals surface area contributed by atoms with E-state index in [4.69, 9.17) is 4.74 Å². The van der Waals surface area contributed by atoms with E-state index in [2.05, 4.69) is 27.7 Å². The van der Waals surface area contributed by atoms with Gasteiger partial charge in [-0.3, -0.25) is 9.59 Å². The van der Waals surface area contributed by atoms with Crippen molar-refractivity contribution in [2.75, 3.05) is 27.2 Å². The molecule has 144 valence electrons. The Hall–Kier alpha value is -2.86. The van der Waals surface area contributed by atoms with Crippen LogP contribution >= 0.6 is 0 Å². The summed E-state index contributed by atoms with van der Waals surface area (Å²) in [7, 11) is 4.05. The first kappa shape index (κ1) is 20.5. The quantitative estimate of drug-likeness (QED) is 0.711. The van der Waals surface area contributed by atoms with Gasteiger partial charge >= 0.3 is 0 Å². The van der Waals surface area contributed by atoms with Crippen LogP contribution in [0.5, 0.6) is 5.75 Å². The lowest BCUT2D eigenvalue weighted by molar-refractivity contribution is -0.120. The molecule has 2 aromatic carbocycles. The molecule has 0 spiro atoms. The second-order valence-electron chi connectivity index (χ2n) is 6.47. The molecule has 2 aromatic rings. The summed E-state index contributed by atoms with van der Waals surface area (Å²) in [6, 6.07) is 14.9. The number of hydrogen-bond acceptors (Lipinski definition) is 4. The topological polar surface area (TPSA) is 70.7 Å². The molecule has 0 unspecified atom stereocenters. The Balaban J connectivity index is 1.74. The first-order chi connectivity index (χ1) is 13.0. The Morgan fingerprint density at radius 1 is 0.926 bits per heavy atom. The predicted molar refractivity (Wildman–Crippen MR) is 106 cm³/mol. The molecule has 2 rings (SSSR count). The number of hydrogen-bond donors (Lipinski definition) is 2. The molecule has 6 heteroatoms. The van der Waals surface area contributed by atoms with E-state index in [1.54, 1.807) is 24.3 Å². The summed E-state index contributed by atoms with van der Waals surface area (Å²) in [6.45, 7) is 3.72. The number of rotatable bonds is 9. The molecule has 0 aliphatic carbocycles. The van der Waals surface area contributed by atoms with Crippen LogP contribution in [0.15, 0.2) is 48.5 Å². The van der Waals surface area contributed by atoms with Crippen LogP contribution in [0.3, 0.4) is 0 Å². The smallest absolute Gasteiger partial charge is 0.251 e. The van der Waals surface area contributed by atoms with E-state index in [0.717, 1.165) is 12.1 Å². The normalized spacial score (nSPS) is 10.5. The third-order valence-corrected chi connectivity index (χ3v) is 3.85. The van der Waals surface area contributed by atoms with Crippen LogP contribution in [0, 0.1) is 0 Å². The standard InChI is InChI=1S/C21H27N3O3/c1-4-27-19-11-9-18(10-12-19)21(26)23-14-20(25)22-13-16-5-7-17(8-6-16)15-24(2)3/h5-12H,4,13-15H2,1-3H3,(H,22,25)(H,23,26). The largest absolute Gasteiger partial charge is 0.494 e. The van der Waals surface area contributed by atoms with Crippen molar-refractivity contribution >= 4 is 11.8 Å². The Morgan fingerprint density at radius 2 is 1.56 bits per heavy atom. The molecular weight excluding hydrogens is 342 g/mol. The Bertz CT molecular complexity index is 740. The average molecular weight is 369 g/mol. The molecule has 0 aliphatic heterocycles. The van der Waals surface area contributed by atoms with Crippen LogP contribution < -0.4 is 15.4 Å². The van der Waals surface area contributed by atoms with Gasteiger partial charge in [0.2, 0.25) is 5.91 Å². The Labute approximate surface area is 160 Å². The summed E-state index contributed by atoms with van der Waals surface area (Å²) in [6.07, 6.45) is 0.